The Labute approximate surface area is 207 Å². The summed E-state index contributed by atoms with van der Waals surface area (Å²) >= 11 is 0. The Morgan fingerprint density at radius 2 is 1.97 bits per heavy atom. The van der Waals surface area contributed by atoms with Crippen LogP contribution in [0.2, 0.25) is 0 Å². The summed E-state index contributed by atoms with van der Waals surface area (Å²) in [7, 11) is -1.95. The van der Waals surface area contributed by atoms with Crippen LogP contribution in [-0.4, -0.2) is 59.3 Å². The molecule has 178 valence electrons. The fraction of sp³-hybridized carbons (Fsp3) is 0.429. The number of hydrogen-bond donors (Lipinski definition) is 3. The number of guanidine groups is 1. The molecule has 0 aliphatic carbocycles. The molecule has 0 amide bonds. The molecule has 0 bridgehead atoms. The molecule has 0 fully saturated rings. The molecular formula is C21H32IN5O4S. The van der Waals surface area contributed by atoms with Crippen LogP contribution in [0.15, 0.2) is 52.6 Å². The summed E-state index contributed by atoms with van der Waals surface area (Å²) in [4.78, 5) is 8.57. The van der Waals surface area contributed by atoms with Gasteiger partial charge in [0.1, 0.15) is 17.3 Å². The van der Waals surface area contributed by atoms with Crippen molar-refractivity contribution in [1.82, 2.24) is 20.3 Å². The minimum atomic E-state index is -3.59. The SMILES string of the molecule is CCNC(=NCc1ccc(C)cc1OCCOC)NCCNS(=O)(=O)c1cccnc1.I. The van der Waals surface area contributed by atoms with E-state index in [2.05, 4.69) is 25.3 Å². The van der Waals surface area contributed by atoms with Gasteiger partial charge < -0.3 is 20.1 Å². The van der Waals surface area contributed by atoms with E-state index in [-0.39, 0.29) is 35.4 Å². The zero-order valence-electron chi connectivity index (χ0n) is 18.6. The molecule has 0 saturated heterocycles. The Hall–Kier alpha value is -1.96. The van der Waals surface area contributed by atoms with Crippen LogP contribution in [0.4, 0.5) is 0 Å². The number of benzene rings is 1. The van der Waals surface area contributed by atoms with Crippen LogP contribution >= 0.6 is 24.0 Å². The number of nitrogens with zero attached hydrogens (tertiary/aromatic N) is 2. The predicted octanol–water partition coefficient (Wildman–Crippen LogP) is 2.07. The van der Waals surface area contributed by atoms with Crippen molar-refractivity contribution in [2.45, 2.75) is 25.3 Å². The maximum Gasteiger partial charge on any atom is 0.242 e. The third-order valence-corrected chi connectivity index (χ3v) is 5.62. The second-order valence-electron chi connectivity index (χ2n) is 6.66. The van der Waals surface area contributed by atoms with E-state index in [4.69, 9.17) is 9.47 Å². The highest BCUT2D eigenvalue weighted by atomic mass is 127. The molecule has 0 saturated carbocycles. The fourth-order valence-corrected chi connectivity index (χ4v) is 3.62. The molecule has 9 nitrogen and oxygen atoms in total. The highest BCUT2D eigenvalue weighted by molar-refractivity contribution is 14.0. The van der Waals surface area contributed by atoms with Crippen molar-refractivity contribution < 1.29 is 17.9 Å². The first-order valence-corrected chi connectivity index (χ1v) is 11.6. The van der Waals surface area contributed by atoms with Gasteiger partial charge >= 0.3 is 0 Å². The van der Waals surface area contributed by atoms with Crippen molar-refractivity contribution in [3.05, 3.63) is 53.9 Å². The molecule has 0 unspecified atom stereocenters. The second-order valence-corrected chi connectivity index (χ2v) is 8.43. The minimum absolute atomic E-state index is 0. The van der Waals surface area contributed by atoms with Crippen LogP contribution in [0.5, 0.6) is 5.75 Å². The van der Waals surface area contributed by atoms with Crippen molar-refractivity contribution in [1.29, 1.82) is 0 Å². The summed E-state index contributed by atoms with van der Waals surface area (Å²) in [6.45, 7) is 6.62. The summed E-state index contributed by atoms with van der Waals surface area (Å²) in [6.07, 6.45) is 2.84. The van der Waals surface area contributed by atoms with E-state index in [9.17, 15) is 8.42 Å². The van der Waals surface area contributed by atoms with E-state index in [1.54, 1.807) is 13.2 Å². The van der Waals surface area contributed by atoms with Crippen molar-refractivity contribution in [2.24, 2.45) is 4.99 Å². The summed E-state index contributed by atoms with van der Waals surface area (Å²) in [5.74, 6) is 1.37. The number of nitrogens with one attached hydrogen (secondary N) is 3. The number of aliphatic imine (C=N–C) groups is 1. The van der Waals surface area contributed by atoms with Gasteiger partial charge in [-0.25, -0.2) is 18.1 Å². The third-order valence-electron chi connectivity index (χ3n) is 4.17. The van der Waals surface area contributed by atoms with Crippen molar-refractivity contribution >= 4 is 40.0 Å². The summed E-state index contributed by atoms with van der Waals surface area (Å²) in [5, 5.41) is 6.29. The first-order valence-electron chi connectivity index (χ1n) is 10.1. The Kier molecular flexibility index (Phi) is 13.1. The summed E-state index contributed by atoms with van der Waals surface area (Å²) in [5.41, 5.74) is 2.06. The van der Waals surface area contributed by atoms with E-state index in [1.165, 1.54) is 18.5 Å². The first kappa shape index (κ1) is 28.1. The third kappa shape index (κ3) is 9.67. The number of methoxy groups -OCH3 is 1. The van der Waals surface area contributed by atoms with Crippen molar-refractivity contribution in [2.75, 3.05) is 40.0 Å². The van der Waals surface area contributed by atoms with E-state index in [0.29, 0.717) is 38.8 Å². The number of hydrogen-bond acceptors (Lipinski definition) is 6. The number of aromatic nitrogens is 1. The van der Waals surface area contributed by atoms with Gasteiger partial charge in [0.25, 0.3) is 0 Å². The molecule has 3 N–H and O–H groups in total. The maximum absolute atomic E-state index is 12.2. The van der Waals surface area contributed by atoms with Crippen LogP contribution < -0.4 is 20.1 Å². The first-order chi connectivity index (χ1) is 15.0. The molecule has 0 aliphatic heterocycles. The van der Waals surface area contributed by atoms with E-state index >= 15 is 0 Å². The Bertz CT molecular complexity index is 942. The van der Waals surface area contributed by atoms with Gasteiger partial charge in [0.15, 0.2) is 5.96 Å². The lowest BCUT2D eigenvalue weighted by Crippen LogP contribution is -2.41. The molecule has 1 aromatic carbocycles. The summed E-state index contributed by atoms with van der Waals surface area (Å²) < 4.78 is 37.9. The lowest BCUT2D eigenvalue weighted by Gasteiger charge is -2.14. The molecule has 32 heavy (non-hydrogen) atoms. The molecule has 0 aliphatic rings. The van der Waals surface area contributed by atoms with E-state index in [0.717, 1.165) is 16.9 Å². The van der Waals surface area contributed by atoms with Crippen LogP contribution in [0, 0.1) is 6.92 Å². The van der Waals surface area contributed by atoms with Crippen molar-refractivity contribution in [3.8, 4) is 5.75 Å². The Morgan fingerprint density at radius 3 is 2.66 bits per heavy atom. The van der Waals surface area contributed by atoms with Gasteiger partial charge in [0.2, 0.25) is 10.0 Å². The Balaban J connectivity index is 0.00000512. The zero-order chi connectivity index (χ0) is 22.5. The quantitative estimate of drug-likeness (QED) is 0.153. The standard InChI is InChI=1S/C21H31N5O4S.HI/c1-4-23-21(24-10-11-26-31(27,28)19-6-5-9-22-16-19)25-15-18-8-7-17(2)14-20(18)30-13-12-29-3;/h5-9,14,16,26H,4,10-13,15H2,1-3H3,(H2,23,24,25);1H. The largest absolute Gasteiger partial charge is 0.491 e. The average Bonchev–Trinajstić information content (AvgIpc) is 2.76. The number of pyridine rings is 1. The van der Waals surface area contributed by atoms with Crippen LogP contribution in [0.1, 0.15) is 18.1 Å². The number of halogens is 1. The summed E-state index contributed by atoms with van der Waals surface area (Å²) in [6, 6.07) is 9.07. The monoisotopic (exact) mass is 577 g/mol. The van der Waals surface area contributed by atoms with Crippen LogP contribution in [0.25, 0.3) is 0 Å². The number of aryl methyl sites for hydroxylation is 1. The average molecular weight is 577 g/mol. The molecule has 2 aromatic rings. The number of sulfonamides is 1. The van der Waals surface area contributed by atoms with Gasteiger partial charge in [-0.05, 0) is 37.6 Å². The maximum atomic E-state index is 12.2. The molecule has 2 rings (SSSR count). The minimum Gasteiger partial charge on any atom is -0.491 e. The molecule has 0 radical (unpaired) electrons. The zero-order valence-corrected chi connectivity index (χ0v) is 21.8. The number of ether oxygens (including phenoxy) is 2. The predicted molar refractivity (Wildman–Crippen MR) is 136 cm³/mol. The van der Waals surface area contributed by atoms with Crippen LogP contribution in [0.3, 0.4) is 0 Å². The highest BCUT2D eigenvalue weighted by Gasteiger charge is 2.13. The number of rotatable bonds is 12. The molecule has 11 heteroatoms. The molecule has 0 spiro atoms. The Morgan fingerprint density at radius 1 is 1.16 bits per heavy atom. The van der Waals surface area contributed by atoms with Crippen LogP contribution in [-0.2, 0) is 21.3 Å². The topological polar surface area (TPSA) is 114 Å². The molecular weight excluding hydrogens is 545 g/mol. The molecule has 0 atom stereocenters. The van der Waals surface area contributed by atoms with Gasteiger partial charge in [-0.3, -0.25) is 4.98 Å². The van der Waals surface area contributed by atoms with Crippen molar-refractivity contribution in [3.63, 3.8) is 0 Å². The second kappa shape index (κ2) is 15.0. The lowest BCUT2D eigenvalue weighted by atomic mass is 10.1. The van der Waals surface area contributed by atoms with Gasteiger partial charge in [-0.1, -0.05) is 12.1 Å². The van der Waals surface area contributed by atoms with Gasteiger partial charge in [-0.15, -0.1) is 24.0 Å². The van der Waals surface area contributed by atoms with E-state index in [1.807, 2.05) is 32.0 Å². The lowest BCUT2D eigenvalue weighted by molar-refractivity contribution is 0.146. The smallest absolute Gasteiger partial charge is 0.242 e. The molecule has 1 aromatic heterocycles. The normalized spacial score (nSPS) is 11.5. The van der Waals surface area contributed by atoms with E-state index < -0.39 is 10.0 Å². The fourth-order valence-electron chi connectivity index (χ4n) is 2.62. The van der Waals surface area contributed by atoms with Gasteiger partial charge in [0.05, 0.1) is 13.2 Å². The van der Waals surface area contributed by atoms with Gasteiger partial charge in [-0.2, -0.15) is 0 Å². The molecule has 1 heterocycles. The van der Waals surface area contributed by atoms with Gasteiger partial charge in [0, 0.05) is 44.7 Å². The highest BCUT2D eigenvalue weighted by Crippen LogP contribution is 2.21.